The van der Waals surface area contributed by atoms with Gasteiger partial charge in [-0.2, -0.15) is 0 Å². The van der Waals surface area contributed by atoms with Crippen LogP contribution in [-0.4, -0.2) is 41.8 Å². The van der Waals surface area contributed by atoms with Crippen molar-refractivity contribution in [3.63, 3.8) is 0 Å². The Hall–Kier alpha value is -3.27. The molecule has 2 aliphatic rings. The molecule has 0 radical (unpaired) electrons. The van der Waals surface area contributed by atoms with Gasteiger partial charge in [0.15, 0.2) is 15.7 Å². The Bertz CT molecular complexity index is 1420. The number of amidine groups is 1. The molecule has 0 saturated heterocycles. The number of anilines is 2. The molecule has 34 heavy (non-hydrogen) atoms. The number of rotatable bonds is 4. The van der Waals surface area contributed by atoms with Gasteiger partial charge in [-0.05, 0) is 50.1 Å². The standard InChI is InChI=1S/C24H26FN5O3S/c1-23(14-34(31,32)24(22(26)30-23)8-3-4-9-24)18-12-16(5-6-19(18)25)29-21-20-15(7-10-27-21)11-17(33-2)13-28-20/h5-7,10-13H,3-4,8-9,14H2,1-2H3,(H2,26,30)(H,27,29). The largest absolute Gasteiger partial charge is 0.495 e. The van der Waals surface area contributed by atoms with Crippen LogP contribution in [0, 0.1) is 5.82 Å². The lowest BCUT2D eigenvalue weighted by Gasteiger charge is -2.39. The molecular formula is C24H26FN5O3S. The normalized spacial score (nSPS) is 23.1. The molecule has 1 unspecified atom stereocenters. The van der Waals surface area contributed by atoms with Crippen molar-refractivity contribution in [1.82, 2.24) is 9.97 Å². The van der Waals surface area contributed by atoms with E-state index in [9.17, 15) is 8.42 Å². The third-order valence-corrected chi connectivity index (χ3v) is 9.68. The van der Waals surface area contributed by atoms with E-state index in [0.717, 1.165) is 18.2 Å². The number of ether oxygens (including phenoxy) is 1. The number of hydrogen-bond donors (Lipinski definition) is 2. The van der Waals surface area contributed by atoms with E-state index in [0.29, 0.717) is 35.6 Å². The van der Waals surface area contributed by atoms with E-state index in [2.05, 4.69) is 20.3 Å². The van der Waals surface area contributed by atoms with Crippen molar-refractivity contribution in [2.45, 2.75) is 42.9 Å². The first-order valence-corrected chi connectivity index (χ1v) is 12.8. The van der Waals surface area contributed by atoms with Crippen LogP contribution in [-0.2, 0) is 15.4 Å². The lowest BCUT2D eigenvalue weighted by Crippen LogP contribution is -2.56. The molecule has 1 aliphatic heterocycles. The van der Waals surface area contributed by atoms with Crippen molar-refractivity contribution in [1.29, 1.82) is 0 Å². The Morgan fingerprint density at radius 3 is 2.62 bits per heavy atom. The van der Waals surface area contributed by atoms with Crippen molar-refractivity contribution >= 4 is 38.1 Å². The molecule has 0 bridgehead atoms. The maximum absolute atomic E-state index is 15.0. The van der Waals surface area contributed by atoms with Gasteiger partial charge < -0.3 is 15.8 Å². The van der Waals surface area contributed by atoms with Gasteiger partial charge in [0.05, 0.1) is 19.1 Å². The average Bonchev–Trinajstić information content (AvgIpc) is 3.31. The number of sulfone groups is 1. The van der Waals surface area contributed by atoms with E-state index in [4.69, 9.17) is 10.5 Å². The van der Waals surface area contributed by atoms with Crippen LogP contribution >= 0.6 is 0 Å². The van der Waals surface area contributed by atoms with Crippen molar-refractivity contribution in [3.8, 4) is 5.75 Å². The second-order valence-corrected chi connectivity index (χ2v) is 11.5. The number of hydrogen-bond acceptors (Lipinski definition) is 8. The number of nitrogens with one attached hydrogen (secondary N) is 1. The van der Waals surface area contributed by atoms with Gasteiger partial charge in [0.1, 0.15) is 33.2 Å². The maximum atomic E-state index is 15.0. The Kier molecular flexibility index (Phi) is 5.23. The molecule has 5 rings (SSSR count). The zero-order chi connectivity index (χ0) is 24.1. The highest BCUT2D eigenvalue weighted by molar-refractivity contribution is 7.93. The molecule has 1 fully saturated rings. The molecule has 2 aromatic heterocycles. The predicted molar refractivity (Wildman–Crippen MR) is 130 cm³/mol. The number of pyridine rings is 2. The number of aliphatic imine (C=N–C) groups is 1. The number of aromatic nitrogens is 2. The number of methoxy groups -OCH3 is 1. The van der Waals surface area contributed by atoms with E-state index in [1.54, 1.807) is 38.6 Å². The molecule has 10 heteroatoms. The van der Waals surface area contributed by atoms with Gasteiger partial charge in [-0.25, -0.2) is 22.8 Å². The van der Waals surface area contributed by atoms with Crippen molar-refractivity contribution in [3.05, 3.63) is 54.1 Å². The molecular weight excluding hydrogens is 457 g/mol. The molecule has 1 saturated carbocycles. The smallest absolute Gasteiger partial charge is 0.165 e. The second kappa shape index (κ2) is 7.90. The predicted octanol–water partition coefficient (Wildman–Crippen LogP) is 3.83. The Morgan fingerprint density at radius 1 is 1.15 bits per heavy atom. The lowest BCUT2D eigenvalue weighted by molar-refractivity contribution is 0.414. The fourth-order valence-corrected chi connectivity index (χ4v) is 7.63. The van der Waals surface area contributed by atoms with Gasteiger partial charge >= 0.3 is 0 Å². The molecule has 1 atom stereocenters. The van der Waals surface area contributed by atoms with Crippen LogP contribution in [0.5, 0.6) is 5.75 Å². The van der Waals surface area contributed by atoms with Crippen LogP contribution in [0.15, 0.2) is 47.7 Å². The summed E-state index contributed by atoms with van der Waals surface area (Å²) < 4.78 is 45.9. The second-order valence-electron chi connectivity index (χ2n) is 9.16. The number of halogens is 1. The number of benzene rings is 1. The van der Waals surface area contributed by atoms with E-state index in [1.807, 2.05) is 12.1 Å². The van der Waals surface area contributed by atoms with Gasteiger partial charge in [0, 0.05) is 22.8 Å². The highest BCUT2D eigenvalue weighted by Crippen LogP contribution is 2.45. The third kappa shape index (κ3) is 3.48. The summed E-state index contributed by atoms with van der Waals surface area (Å²) in [7, 11) is -2.06. The Labute approximate surface area is 197 Å². The highest BCUT2D eigenvalue weighted by atomic mass is 32.2. The summed E-state index contributed by atoms with van der Waals surface area (Å²) in [5, 5.41) is 4.00. The fraction of sp³-hybridized carbons (Fsp3) is 0.375. The minimum atomic E-state index is -3.63. The molecule has 3 N–H and O–H groups in total. The minimum Gasteiger partial charge on any atom is -0.495 e. The number of nitrogens with two attached hydrogens (primary N) is 1. The van der Waals surface area contributed by atoms with Gasteiger partial charge in [0.25, 0.3) is 0 Å². The van der Waals surface area contributed by atoms with Crippen LogP contribution in [0.1, 0.15) is 38.2 Å². The Balaban J connectivity index is 1.54. The molecule has 1 spiro atoms. The quantitative estimate of drug-likeness (QED) is 0.579. The van der Waals surface area contributed by atoms with Crippen LogP contribution in [0.25, 0.3) is 10.9 Å². The van der Waals surface area contributed by atoms with Gasteiger partial charge in [-0.1, -0.05) is 12.8 Å². The first-order chi connectivity index (χ1) is 16.2. The van der Waals surface area contributed by atoms with Crippen LogP contribution < -0.4 is 15.8 Å². The van der Waals surface area contributed by atoms with E-state index in [1.165, 1.54) is 6.07 Å². The van der Waals surface area contributed by atoms with Crippen LogP contribution in [0.3, 0.4) is 0 Å². The van der Waals surface area contributed by atoms with Crippen molar-refractivity contribution < 1.29 is 17.5 Å². The van der Waals surface area contributed by atoms with E-state index >= 15 is 4.39 Å². The first-order valence-electron chi connectivity index (χ1n) is 11.1. The van der Waals surface area contributed by atoms with Gasteiger partial charge in [0.2, 0.25) is 0 Å². The van der Waals surface area contributed by atoms with Crippen LogP contribution in [0.4, 0.5) is 15.9 Å². The SMILES string of the molecule is COc1cnc2c(Nc3ccc(F)c(C4(C)CS(=O)(=O)C5(CCCC5)C(N)=N4)c3)nccc2c1. The summed E-state index contributed by atoms with van der Waals surface area (Å²) in [5.41, 5.74) is 6.23. The highest BCUT2D eigenvalue weighted by Gasteiger charge is 2.56. The third-order valence-electron chi connectivity index (χ3n) is 6.93. The summed E-state index contributed by atoms with van der Waals surface area (Å²) in [6, 6.07) is 8.09. The molecule has 3 aromatic rings. The lowest BCUT2D eigenvalue weighted by atomic mass is 9.92. The van der Waals surface area contributed by atoms with E-state index in [-0.39, 0.29) is 17.2 Å². The minimum absolute atomic E-state index is 0.0883. The zero-order valence-corrected chi connectivity index (χ0v) is 19.8. The molecule has 1 aromatic carbocycles. The maximum Gasteiger partial charge on any atom is 0.165 e. The van der Waals surface area contributed by atoms with Gasteiger partial charge in [-0.15, -0.1) is 0 Å². The molecule has 8 nitrogen and oxygen atoms in total. The summed E-state index contributed by atoms with van der Waals surface area (Å²) in [6.07, 6.45) is 5.74. The molecule has 178 valence electrons. The van der Waals surface area contributed by atoms with Gasteiger partial charge in [-0.3, -0.25) is 4.99 Å². The molecule has 3 heterocycles. The number of fused-ring (bicyclic) bond motifs is 1. The van der Waals surface area contributed by atoms with E-state index < -0.39 is 25.9 Å². The molecule has 0 amide bonds. The van der Waals surface area contributed by atoms with Crippen molar-refractivity contribution in [2.75, 3.05) is 18.2 Å². The van der Waals surface area contributed by atoms with Crippen LogP contribution in [0.2, 0.25) is 0 Å². The summed E-state index contributed by atoms with van der Waals surface area (Å²) in [4.78, 5) is 13.4. The first kappa shape index (κ1) is 22.5. The fourth-order valence-electron chi connectivity index (χ4n) is 5.11. The Morgan fingerprint density at radius 2 is 1.91 bits per heavy atom. The summed E-state index contributed by atoms with van der Waals surface area (Å²) in [5.74, 6) is 0.346. The summed E-state index contributed by atoms with van der Waals surface area (Å²) in [6.45, 7) is 1.62. The zero-order valence-electron chi connectivity index (χ0n) is 19.0. The monoisotopic (exact) mass is 483 g/mol. The molecule has 1 aliphatic carbocycles. The summed E-state index contributed by atoms with van der Waals surface area (Å²) >= 11 is 0. The number of nitrogens with zero attached hydrogens (tertiary/aromatic N) is 3. The van der Waals surface area contributed by atoms with Crippen molar-refractivity contribution in [2.24, 2.45) is 10.7 Å². The topological polar surface area (TPSA) is 120 Å². The average molecular weight is 484 g/mol.